The van der Waals surface area contributed by atoms with Crippen LogP contribution in [0, 0.1) is 12.1 Å². The van der Waals surface area contributed by atoms with Gasteiger partial charge in [0.15, 0.2) is 0 Å². The molecule has 0 aromatic heterocycles. The van der Waals surface area contributed by atoms with Gasteiger partial charge in [-0.25, -0.2) is 0 Å². The van der Waals surface area contributed by atoms with Crippen LogP contribution in [-0.4, -0.2) is 0 Å². The van der Waals surface area contributed by atoms with Gasteiger partial charge in [-0.1, -0.05) is 206 Å². The summed E-state index contributed by atoms with van der Waals surface area (Å²) in [5.74, 6) is 0. The molecule has 0 N–H and O–H groups in total. The smallest absolute Gasteiger partial charge is 0.0540 e. The van der Waals surface area contributed by atoms with Crippen molar-refractivity contribution in [3.05, 3.63) is 283 Å². The van der Waals surface area contributed by atoms with Crippen molar-refractivity contribution < 1.29 is 0 Å². The van der Waals surface area contributed by atoms with Gasteiger partial charge in [0.2, 0.25) is 0 Å². The average molecular weight is 893 g/mol. The quantitative estimate of drug-likeness (QED) is 0.128. The first kappa shape index (κ1) is 42.2. The standard InChI is InChI=1S/C68H48N2/c1-4-17-49(18-5-1)57-27-14-28-58(47-57)52-37-43-60(44-38-52)69(67-31-15-25-54-23-10-12-29-64(54)67)59-39-33-50(34-40-59)51-35-41-61(42-36-51)70(68-32-16-26-55-24-11-13-30-65(55)68)62-45-46-63(53-19-6-2-7-20-53)66(48-62)56-21-8-3-9-22-56/h1-6,8-15,17-19,21-31,33-48H,16,32H2. The van der Waals surface area contributed by atoms with Crippen molar-refractivity contribution in [1.29, 1.82) is 0 Å². The Labute approximate surface area is 410 Å². The fourth-order valence-corrected chi connectivity index (χ4v) is 10.2. The van der Waals surface area contributed by atoms with Gasteiger partial charge >= 0.3 is 0 Å². The second kappa shape index (κ2) is 18.8. The molecule has 0 unspecified atom stereocenters. The van der Waals surface area contributed by atoms with E-state index in [2.05, 4.69) is 277 Å². The fraction of sp³-hybridized carbons (Fsp3) is 0.0294. The number of nitrogens with zero attached hydrogens (tertiary/aromatic N) is 2. The summed E-state index contributed by atoms with van der Waals surface area (Å²) in [7, 11) is 0. The zero-order chi connectivity index (χ0) is 46.6. The van der Waals surface area contributed by atoms with E-state index in [0.717, 1.165) is 69.1 Å². The van der Waals surface area contributed by atoms with Crippen molar-refractivity contribution in [3.8, 4) is 55.6 Å². The lowest BCUT2D eigenvalue weighted by Gasteiger charge is -2.30. The Bertz CT molecular complexity index is 3730. The monoisotopic (exact) mass is 892 g/mol. The Kier molecular flexibility index (Phi) is 11.4. The summed E-state index contributed by atoms with van der Waals surface area (Å²) in [5.41, 5.74) is 18.5. The van der Waals surface area contributed by atoms with E-state index in [0.29, 0.717) is 0 Å². The van der Waals surface area contributed by atoms with E-state index in [1.165, 1.54) is 54.7 Å². The van der Waals surface area contributed by atoms with Crippen molar-refractivity contribution >= 4 is 51.0 Å². The van der Waals surface area contributed by atoms with E-state index in [9.17, 15) is 0 Å². The second-order valence-corrected chi connectivity index (χ2v) is 17.8. The van der Waals surface area contributed by atoms with Gasteiger partial charge in [0.25, 0.3) is 0 Å². The zero-order valence-electron chi connectivity index (χ0n) is 38.7. The molecule has 0 aliphatic heterocycles. The number of hydrogen-bond acceptors (Lipinski definition) is 2. The summed E-state index contributed by atoms with van der Waals surface area (Å²) in [5, 5.41) is 4.96. The van der Waals surface area contributed by atoms with Gasteiger partial charge in [0, 0.05) is 44.6 Å². The molecule has 1 aliphatic carbocycles. The maximum atomic E-state index is 3.37. The summed E-state index contributed by atoms with van der Waals surface area (Å²) >= 11 is 0. The predicted octanol–water partition coefficient (Wildman–Crippen LogP) is 16.8. The van der Waals surface area contributed by atoms with Crippen LogP contribution in [0.1, 0.15) is 12.8 Å². The third-order valence-corrected chi connectivity index (χ3v) is 13.6. The molecule has 0 saturated heterocycles. The van der Waals surface area contributed by atoms with Gasteiger partial charge in [-0.3, -0.25) is 0 Å². The largest absolute Gasteiger partial charge is 0.314 e. The molecule has 11 aromatic carbocycles. The number of rotatable bonds is 11. The number of fused-ring (bicyclic) bond motifs is 2. The lowest BCUT2D eigenvalue weighted by atomic mass is 9.93. The molecule has 0 atom stereocenters. The minimum atomic E-state index is 0.932. The van der Waals surface area contributed by atoms with Crippen LogP contribution in [0.25, 0.3) is 78.2 Å². The molecular weight excluding hydrogens is 845 g/mol. The normalized spacial score (nSPS) is 11.9. The molecule has 0 radical (unpaired) electrons. The highest BCUT2D eigenvalue weighted by molar-refractivity contribution is 5.99. The van der Waals surface area contributed by atoms with Crippen LogP contribution in [0.15, 0.2) is 261 Å². The molecule has 0 amide bonds. The minimum absolute atomic E-state index is 0.932. The van der Waals surface area contributed by atoms with Crippen molar-refractivity contribution in [2.45, 2.75) is 12.8 Å². The molecular formula is C68H48N2. The highest BCUT2D eigenvalue weighted by Crippen LogP contribution is 2.43. The van der Waals surface area contributed by atoms with Crippen LogP contribution >= 0.6 is 0 Å². The molecule has 0 saturated carbocycles. The molecule has 330 valence electrons. The summed E-state index contributed by atoms with van der Waals surface area (Å²) in [6.45, 7) is 0. The van der Waals surface area contributed by atoms with Crippen LogP contribution in [0.3, 0.4) is 0 Å². The lowest BCUT2D eigenvalue weighted by Crippen LogP contribution is -2.34. The van der Waals surface area contributed by atoms with Gasteiger partial charge in [-0.2, -0.15) is 0 Å². The first-order valence-electron chi connectivity index (χ1n) is 24.1. The summed E-state index contributed by atoms with van der Waals surface area (Å²) < 4.78 is 0. The van der Waals surface area contributed by atoms with Crippen LogP contribution in [0.2, 0.25) is 0 Å². The topological polar surface area (TPSA) is 6.48 Å². The highest BCUT2D eigenvalue weighted by Gasteiger charge is 2.21. The lowest BCUT2D eigenvalue weighted by molar-refractivity contribution is 1.03. The van der Waals surface area contributed by atoms with E-state index in [1.807, 2.05) is 12.1 Å². The van der Waals surface area contributed by atoms with E-state index in [-0.39, 0.29) is 0 Å². The number of hydrogen-bond donors (Lipinski definition) is 0. The third-order valence-electron chi connectivity index (χ3n) is 13.6. The zero-order valence-corrected chi connectivity index (χ0v) is 38.7. The Morgan fingerprint density at radius 1 is 0.357 bits per heavy atom. The van der Waals surface area contributed by atoms with E-state index < -0.39 is 0 Å². The average Bonchev–Trinajstić information content (AvgIpc) is 3.44. The SMILES string of the molecule is c1cccc(-c2ccc(N(C3=c4ccccc4=CCC3)c3ccc(-c4ccc(N(c5ccc(-c6cccc(-c7ccccc7)c6)cc5)c5cccc6ccccc56)cc4)cc3)cc2-c2ccccc2)c#1. The molecule has 12 rings (SSSR count). The van der Waals surface area contributed by atoms with Crippen molar-refractivity contribution in [3.63, 3.8) is 0 Å². The molecule has 11 aromatic rings. The van der Waals surface area contributed by atoms with Crippen LogP contribution in [0.5, 0.6) is 0 Å². The maximum Gasteiger partial charge on any atom is 0.0540 e. The minimum Gasteiger partial charge on any atom is -0.314 e. The van der Waals surface area contributed by atoms with Gasteiger partial charge < -0.3 is 9.80 Å². The molecule has 2 nitrogen and oxygen atoms in total. The van der Waals surface area contributed by atoms with Gasteiger partial charge in [-0.15, -0.1) is 0 Å². The molecule has 0 heterocycles. The summed E-state index contributed by atoms with van der Waals surface area (Å²) in [6.07, 6.45) is 4.28. The highest BCUT2D eigenvalue weighted by atomic mass is 15.2. The van der Waals surface area contributed by atoms with Crippen molar-refractivity contribution in [2.24, 2.45) is 0 Å². The van der Waals surface area contributed by atoms with Crippen LogP contribution in [-0.2, 0) is 0 Å². The molecule has 1 aliphatic rings. The fourth-order valence-electron chi connectivity index (χ4n) is 10.2. The molecule has 0 bridgehead atoms. The number of benzene rings is 10. The van der Waals surface area contributed by atoms with Crippen molar-refractivity contribution in [1.82, 2.24) is 0 Å². The first-order valence-corrected chi connectivity index (χ1v) is 24.1. The van der Waals surface area contributed by atoms with E-state index >= 15 is 0 Å². The van der Waals surface area contributed by atoms with Crippen molar-refractivity contribution in [2.75, 3.05) is 9.80 Å². The molecule has 2 heteroatoms. The first-order chi connectivity index (χ1) is 34.7. The number of anilines is 5. The molecule has 0 fully saturated rings. The Morgan fingerprint density at radius 3 is 1.59 bits per heavy atom. The van der Waals surface area contributed by atoms with Gasteiger partial charge in [-0.05, 0) is 146 Å². The predicted molar refractivity (Wildman–Crippen MR) is 295 cm³/mol. The Hall–Kier alpha value is -9.16. The maximum absolute atomic E-state index is 3.37. The summed E-state index contributed by atoms with van der Waals surface area (Å²) in [6, 6.07) is 101. The summed E-state index contributed by atoms with van der Waals surface area (Å²) in [4.78, 5) is 4.86. The van der Waals surface area contributed by atoms with E-state index in [1.54, 1.807) is 0 Å². The van der Waals surface area contributed by atoms with Crippen LogP contribution in [0.4, 0.5) is 28.4 Å². The molecule has 70 heavy (non-hydrogen) atoms. The Balaban J connectivity index is 0.909. The van der Waals surface area contributed by atoms with Gasteiger partial charge in [0.1, 0.15) is 0 Å². The van der Waals surface area contributed by atoms with E-state index in [4.69, 9.17) is 0 Å². The second-order valence-electron chi connectivity index (χ2n) is 17.8. The Morgan fingerprint density at radius 2 is 0.900 bits per heavy atom. The van der Waals surface area contributed by atoms with Crippen LogP contribution < -0.4 is 20.2 Å². The van der Waals surface area contributed by atoms with Gasteiger partial charge in [0.05, 0.1) is 5.69 Å². The third kappa shape index (κ3) is 8.32. The molecule has 0 spiro atoms.